The molecule has 0 bridgehead atoms. The normalized spacial score (nSPS) is 10.4. The molecule has 2 aromatic rings. The molecule has 0 spiro atoms. The highest BCUT2D eigenvalue weighted by molar-refractivity contribution is 7.98. The molecule has 0 saturated heterocycles. The van der Waals surface area contributed by atoms with Gasteiger partial charge in [0.25, 0.3) is 0 Å². The number of aliphatic hydroxyl groups is 1. The summed E-state index contributed by atoms with van der Waals surface area (Å²) in [5.74, 6) is 1.82. The SMILES string of the molecule is Cc1ccc(CSCCNC(=O)NCc2ccccc2CO)cc1. The predicted octanol–water partition coefficient (Wildman–Crippen LogP) is 3.22. The van der Waals surface area contributed by atoms with Gasteiger partial charge in [-0.25, -0.2) is 4.79 Å². The maximum atomic E-state index is 11.8. The zero-order chi connectivity index (χ0) is 17.2. The molecule has 0 aliphatic rings. The average molecular weight is 344 g/mol. The van der Waals surface area contributed by atoms with Crippen molar-refractivity contribution in [3.05, 3.63) is 70.8 Å². The van der Waals surface area contributed by atoms with E-state index >= 15 is 0 Å². The first kappa shape index (κ1) is 18.4. The topological polar surface area (TPSA) is 61.4 Å². The molecule has 0 aliphatic carbocycles. The smallest absolute Gasteiger partial charge is 0.315 e. The molecule has 0 aromatic heterocycles. The van der Waals surface area contributed by atoms with E-state index in [4.69, 9.17) is 0 Å². The number of hydrogen-bond acceptors (Lipinski definition) is 3. The summed E-state index contributed by atoms with van der Waals surface area (Å²) in [7, 11) is 0. The Morgan fingerprint density at radius 1 is 1.04 bits per heavy atom. The van der Waals surface area contributed by atoms with Crippen LogP contribution < -0.4 is 10.6 Å². The zero-order valence-electron chi connectivity index (χ0n) is 13.9. The molecule has 0 unspecified atom stereocenters. The molecule has 0 fully saturated rings. The first-order valence-corrected chi connectivity index (χ1v) is 9.17. The lowest BCUT2D eigenvalue weighted by Gasteiger charge is -2.10. The Balaban J connectivity index is 1.60. The lowest BCUT2D eigenvalue weighted by atomic mass is 10.1. The quantitative estimate of drug-likeness (QED) is 0.644. The van der Waals surface area contributed by atoms with Crippen molar-refractivity contribution in [2.75, 3.05) is 12.3 Å². The number of benzene rings is 2. The van der Waals surface area contributed by atoms with Crippen LogP contribution in [0.1, 0.15) is 22.3 Å². The molecule has 2 amide bonds. The maximum Gasteiger partial charge on any atom is 0.315 e. The summed E-state index contributed by atoms with van der Waals surface area (Å²) in [6, 6.07) is 15.9. The molecule has 0 atom stereocenters. The third-order valence-corrected chi connectivity index (χ3v) is 4.68. The van der Waals surface area contributed by atoms with Crippen LogP contribution in [0.3, 0.4) is 0 Å². The Hall–Kier alpha value is -1.98. The number of hydrogen-bond donors (Lipinski definition) is 3. The van der Waals surface area contributed by atoms with Gasteiger partial charge in [-0.1, -0.05) is 54.1 Å². The largest absolute Gasteiger partial charge is 0.392 e. The second-order valence-corrected chi connectivity index (χ2v) is 6.68. The summed E-state index contributed by atoms with van der Waals surface area (Å²) in [4.78, 5) is 11.8. The molecule has 0 saturated carbocycles. The minimum atomic E-state index is -0.182. The molecule has 4 nitrogen and oxygen atoms in total. The third-order valence-electron chi connectivity index (χ3n) is 3.65. The second kappa shape index (κ2) is 10.0. The van der Waals surface area contributed by atoms with Crippen LogP contribution in [0.25, 0.3) is 0 Å². The van der Waals surface area contributed by atoms with Crippen LogP contribution in [0, 0.1) is 6.92 Å². The van der Waals surface area contributed by atoms with Crippen molar-refractivity contribution in [3.8, 4) is 0 Å². The summed E-state index contributed by atoms with van der Waals surface area (Å²) < 4.78 is 0. The molecule has 24 heavy (non-hydrogen) atoms. The van der Waals surface area contributed by atoms with E-state index in [0.717, 1.165) is 22.6 Å². The van der Waals surface area contributed by atoms with Crippen molar-refractivity contribution < 1.29 is 9.90 Å². The molecule has 0 heterocycles. The van der Waals surface area contributed by atoms with E-state index in [2.05, 4.69) is 41.8 Å². The van der Waals surface area contributed by atoms with Crippen LogP contribution in [0.4, 0.5) is 4.79 Å². The van der Waals surface area contributed by atoms with Gasteiger partial charge in [0.05, 0.1) is 6.61 Å². The summed E-state index contributed by atoms with van der Waals surface area (Å²) >= 11 is 1.80. The maximum absolute atomic E-state index is 11.8. The Bertz CT molecular complexity index is 644. The standard InChI is InChI=1S/C19H24N2O2S/c1-15-6-8-16(9-7-15)14-24-11-10-20-19(23)21-12-17-4-2-3-5-18(17)13-22/h2-9,22H,10-14H2,1H3,(H2,20,21,23). The van der Waals surface area contributed by atoms with Crippen molar-refractivity contribution in [2.24, 2.45) is 0 Å². The summed E-state index contributed by atoms with van der Waals surface area (Å²) in [5.41, 5.74) is 4.34. The van der Waals surface area contributed by atoms with Gasteiger partial charge in [0.1, 0.15) is 0 Å². The lowest BCUT2D eigenvalue weighted by molar-refractivity contribution is 0.241. The van der Waals surface area contributed by atoms with Gasteiger partial charge in [-0.15, -0.1) is 0 Å². The molecular weight excluding hydrogens is 320 g/mol. The van der Waals surface area contributed by atoms with Gasteiger partial charge in [0.15, 0.2) is 0 Å². The molecule has 2 aromatic carbocycles. The molecule has 0 radical (unpaired) electrons. The van der Waals surface area contributed by atoms with E-state index in [1.165, 1.54) is 11.1 Å². The first-order chi connectivity index (χ1) is 11.7. The molecular formula is C19H24N2O2S. The number of aliphatic hydroxyl groups excluding tert-OH is 1. The van der Waals surface area contributed by atoms with E-state index in [-0.39, 0.29) is 12.6 Å². The molecule has 2 rings (SSSR count). The number of carbonyl (C=O) groups excluding carboxylic acids is 1. The van der Waals surface area contributed by atoms with E-state index < -0.39 is 0 Å². The van der Waals surface area contributed by atoms with E-state index in [9.17, 15) is 9.90 Å². The molecule has 5 heteroatoms. The molecule has 3 N–H and O–H groups in total. The number of amides is 2. The van der Waals surface area contributed by atoms with Crippen molar-refractivity contribution in [2.45, 2.75) is 25.8 Å². The van der Waals surface area contributed by atoms with Crippen LogP contribution in [0.15, 0.2) is 48.5 Å². The fourth-order valence-corrected chi connectivity index (χ4v) is 3.05. The van der Waals surface area contributed by atoms with Gasteiger partial charge in [-0.05, 0) is 23.6 Å². The van der Waals surface area contributed by atoms with Crippen molar-refractivity contribution in [3.63, 3.8) is 0 Å². The van der Waals surface area contributed by atoms with Gasteiger partial charge >= 0.3 is 6.03 Å². The fourth-order valence-electron chi connectivity index (χ4n) is 2.23. The fraction of sp³-hybridized carbons (Fsp3) is 0.316. The van der Waals surface area contributed by atoms with E-state index in [1.807, 2.05) is 24.3 Å². The Kier molecular flexibility index (Phi) is 7.65. The van der Waals surface area contributed by atoms with Crippen LogP contribution in [0.5, 0.6) is 0 Å². The zero-order valence-corrected chi connectivity index (χ0v) is 14.7. The lowest BCUT2D eigenvalue weighted by Crippen LogP contribution is -2.36. The Morgan fingerprint density at radius 2 is 1.75 bits per heavy atom. The summed E-state index contributed by atoms with van der Waals surface area (Å²) in [6.07, 6.45) is 0. The Labute approximate surface area is 147 Å². The Morgan fingerprint density at radius 3 is 2.46 bits per heavy atom. The number of thioether (sulfide) groups is 1. The van der Waals surface area contributed by atoms with Gasteiger partial charge in [-0.2, -0.15) is 11.8 Å². The third kappa shape index (κ3) is 6.26. The minimum absolute atomic E-state index is 0.0187. The highest BCUT2D eigenvalue weighted by atomic mass is 32.2. The average Bonchev–Trinajstić information content (AvgIpc) is 2.61. The van der Waals surface area contributed by atoms with Gasteiger partial charge < -0.3 is 15.7 Å². The monoisotopic (exact) mass is 344 g/mol. The first-order valence-electron chi connectivity index (χ1n) is 8.01. The van der Waals surface area contributed by atoms with E-state index in [0.29, 0.717) is 13.1 Å². The van der Waals surface area contributed by atoms with Crippen molar-refractivity contribution >= 4 is 17.8 Å². The molecule has 0 aliphatic heterocycles. The highest BCUT2D eigenvalue weighted by Crippen LogP contribution is 2.12. The summed E-state index contributed by atoms with van der Waals surface area (Å²) in [5, 5.41) is 14.9. The number of aryl methyl sites for hydroxylation is 1. The van der Waals surface area contributed by atoms with Gasteiger partial charge in [-0.3, -0.25) is 0 Å². The van der Waals surface area contributed by atoms with Crippen LogP contribution in [-0.2, 0) is 18.9 Å². The van der Waals surface area contributed by atoms with Crippen molar-refractivity contribution in [1.29, 1.82) is 0 Å². The van der Waals surface area contributed by atoms with Crippen LogP contribution >= 0.6 is 11.8 Å². The predicted molar refractivity (Wildman–Crippen MR) is 99.9 cm³/mol. The van der Waals surface area contributed by atoms with E-state index in [1.54, 1.807) is 11.8 Å². The highest BCUT2D eigenvalue weighted by Gasteiger charge is 2.03. The molecule has 128 valence electrons. The second-order valence-electron chi connectivity index (χ2n) is 5.57. The summed E-state index contributed by atoms with van der Waals surface area (Å²) in [6.45, 7) is 3.11. The number of rotatable bonds is 8. The van der Waals surface area contributed by atoms with Crippen LogP contribution in [0.2, 0.25) is 0 Å². The van der Waals surface area contributed by atoms with Gasteiger partial charge in [0, 0.05) is 24.6 Å². The number of nitrogens with one attached hydrogen (secondary N) is 2. The number of urea groups is 1. The van der Waals surface area contributed by atoms with Crippen molar-refractivity contribution in [1.82, 2.24) is 10.6 Å². The van der Waals surface area contributed by atoms with Gasteiger partial charge in [0.2, 0.25) is 0 Å². The minimum Gasteiger partial charge on any atom is -0.392 e. The number of carbonyl (C=O) groups is 1. The van der Waals surface area contributed by atoms with Crippen LogP contribution in [-0.4, -0.2) is 23.4 Å².